The molecule has 2 rings (SSSR count). The smallest absolute Gasteiger partial charge is 0.123 e. The Labute approximate surface area is 116 Å². The lowest BCUT2D eigenvalue weighted by Gasteiger charge is -2.17. The first-order valence-corrected chi connectivity index (χ1v) is 7.33. The third-order valence-corrected chi connectivity index (χ3v) is 3.81. The maximum absolute atomic E-state index is 12.8. The fraction of sp³-hybridized carbons (Fsp3) is 0.625. The van der Waals surface area contributed by atoms with Gasteiger partial charge in [-0.1, -0.05) is 26.0 Å². The van der Waals surface area contributed by atoms with E-state index in [9.17, 15) is 4.39 Å². The Bertz CT molecular complexity index is 375. The second-order valence-corrected chi connectivity index (χ2v) is 5.89. The summed E-state index contributed by atoms with van der Waals surface area (Å²) in [6.07, 6.45) is 2.31. The van der Waals surface area contributed by atoms with Gasteiger partial charge in [0.1, 0.15) is 5.82 Å². The summed E-state index contributed by atoms with van der Waals surface area (Å²) in [6.45, 7) is 9.00. The average Bonchev–Trinajstić information content (AvgIpc) is 2.84. The fourth-order valence-electron chi connectivity index (χ4n) is 2.62. The van der Waals surface area contributed by atoms with E-state index in [1.165, 1.54) is 25.1 Å². The van der Waals surface area contributed by atoms with Crippen LogP contribution in [0.1, 0.15) is 25.8 Å². The lowest BCUT2D eigenvalue weighted by Crippen LogP contribution is -2.31. The number of hydrogen-bond donors (Lipinski definition) is 1. The SMILES string of the molecule is CC(C)NCC1CCN(CCc2ccc(F)cc2)C1. The van der Waals surface area contributed by atoms with Crippen LogP contribution in [0.25, 0.3) is 0 Å². The number of benzene rings is 1. The summed E-state index contributed by atoms with van der Waals surface area (Å²) in [4.78, 5) is 2.52. The van der Waals surface area contributed by atoms with Crippen molar-refractivity contribution in [3.63, 3.8) is 0 Å². The quantitative estimate of drug-likeness (QED) is 0.850. The number of nitrogens with zero attached hydrogens (tertiary/aromatic N) is 1. The molecule has 0 bridgehead atoms. The summed E-state index contributed by atoms with van der Waals surface area (Å²) in [5.74, 6) is 0.639. The predicted molar refractivity (Wildman–Crippen MR) is 77.8 cm³/mol. The van der Waals surface area contributed by atoms with Crippen molar-refractivity contribution in [2.45, 2.75) is 32.7 Å². The molecular weight excluding hydrogens is 239 g/mol. The summed E-state index contributed by atoms with van der Waals surface area (Å²) in [5.41, 5.74) is 1.23. The van der Waals surface area contributed by atoms with Crippen molar-refractivity contribution in [3.05, 3.63) is 35.6 Å². The molecule has 0 radical (unpaired) electrons. The van der Waals surface area contributed by atoms with Crippen LogP contribution in [0, 0.1) is 11.7 Å². The lowest BCUT2D eigenvalue weighted by molar-refractivity contribution is 0.324. The molecular formula is C16H25FN2. The van der Waals surface area contributed by atoms with Gasteiger partial charge in [0.05, 0.1) is 0 Å². The first kappa shape index (κ1) is 14.5. The molecule has 1 aromatic rings. The Morgan fingerprint density at radius 3 is 2.74 bits per heavy atom. The van der Waals surface area contributed by atoms with Crippen molar-refractivity contribution in [1.29, 1.82) is 0 Å². The first-order chi connectivity index (χ1) is 9.13. The number of rotatable bonds is 6. The van der Waals surface area contributed by atoms with E-state index in [2.05, 4.69) is 24.1 Å². The monoisotopic (exact) mass is 264 g/mol. The average molecular weight is 264 g/mol. The molecule has 0 amide bonds. The van der Waals surface area contributed by atoms with E-state index in [-0.39, 0.29) is 5.82 Å². The molecule has 1 saturated heterocycles. The van der Waals surface area contributed by atoms with Gasteiger partial charge in [-0.2, -0.15) is 0 Å². The molecule has 0 spiro atoms. The molecule has 1 atom stereocenters. The Kier molecular flexibility index (Phi) is 5.34. The minimum absolute atomic E-state index is 0.148. The molecule has 1 fully saturated rings. The van der Waals surface area contributed by atoms with Gasteiger partial charge in [-0.15, -0.1) is 0 Å². The van der Waals surface area contributed by atoms with E-state index in [0.717, 1.165) is 25.4 Å². The second kappa shape index (κ2) is 7.01. The van der Waals surface area contributed by atoms with E-state index in [4.69, 9.17) is 0 Å². The summed E-state index contributed by atoms with van der Waals surface area (Å²) in [6, 6.07) is 7.46. The Morgan fingerprint density at radius 2 is 2.05 bits per heavy atom. The van der Waals surface area contributed by atoms with E-state index >= 15 is 0 Å². The fourth-order valence-corrected chi connectivity index (χ4v) is 2.62. The molecule has 1 unspecified atom stereocenters. The maximum atomic E-state index is 12.8. The van der Waals surface area contributed by atoms with E-state index in [1.54, 1.807) is 12.1 Å². The number of nitrogens with one attached hydrogen (secondary N) is 1. The van der Waals surface area contributed by atoms with Crippen molar-refractivity contribution in [3.8, 4) is 0 Å². The zero-order valence-electron chi connectivity index (χ0n) is 12.0. The van der Waals surface area contributed by atoms with Crippen molar-refractivity contribution < 1.29 is 4.39 Å². The zero-order valence-corrected chi connectivity index (χ0v) is 12.0. The largest absolute Gasteiger partial charge is 0.314 e. The van der Waals surface area contributed by atoms with Crippen LogP contribution in [0.15, 0.2) is 24.3 Å². The summed E-state index contributed by atoms with van der Waals surface area (Å²) < 4.78 is 12.8. The summed E-state index contributed by atoms with van der Waals surface area (Å²) in [5, 5.41) is 3.52. The topological polar surface area (TPSA) is 15.3 Å². The molecule has 1 N–H and O–H groups in total. The maximum Gasteiger partial charge on any atom is 0.123 e. The number of halogens is 1. The molecule has 1 aliphatic rings. The normalized spacial score (nSPS) is 20.3. The Balaban J connectivity index is 1.69. The lowest BCUT2D eigenvalue weighted by atomic mass is 10.1. The molecule has 1 aliphatic heterocycles. The Hall–Kier alpha value is -0.930. The van der Waals surface area contributed by atoms with Crippen LogP contribution >= 0.6 is 0 Å². The molecule has 1 aromatic carbocycles. The minimum atomic E-state index is -0.148. The highest BCUT2D eigenvalue weighted by molar-refractivity contribution is 5.16. The van der Waals surface area contributed by atoms with Crippen LogP contribution in [0.3, 0.4) is 0 Å². The third-order valence-electron chi connectivity index (χ3n) is 3.81. The minimum Gasteiger partial charge on any atom is -0.314 e. The van der Waals surface area contributed by atoms with Crippen LogP contribution in [0.4, 0.5) is 4.39 Å². The molecule has 106 valence electrons. The van der Waals surface area contributed by atoms with Crippen molar-refractivity contribution >= 4 is 0 Å². The van der Waals surface area contributed by atoms with E-state index in [0.29, 0.717) is 6.04 Å². The van der Waals surface area contributed by atoms with Crippen LogP contribution in [-0.4, -0.2) is 37.1 Å². The van der Waals surface area contributed by atoms with Gasteiger partial charge in [-0.25, -0.2) is 4.39 Å². The number of hydrogen-bond acceptors (Lipinski definition) is 2. The van der Waals surface area contributed by atoms with Gasteiger partial charge in [0, 0.05) is 19.1 Å². The highest BCUT2D eigenvalue weighted by Gasteiger charge is 2.21. The third kappa shape index (κ3) is 4.92. The highest BCUT2D eigenvalue weighted by atomic mass is 19.1. The zero-order chi connectivity index (χ0) is 13.7. The van der Waals surface area contributed by atoms with Crippen LogP contribution in [-0.2, 0) is 6.42 Å². The highest BCUT2D eigenvalue weighted by Crippen LogP contribution is 2.16. The van der Waals surface area contributed by atoms with E-state index in [1.807, 2.05) is 12.1 Å². The van der Waals surface area contributed by atoms with Gasteiger partial charge >= 0.3 is 0 Å². The van der Waals surface area contributed by atoms with Gasteiger partial charge in [0.2, 0.25) is 0 Å². The predicted octanol–water partition coefficient (Wildman–Crippen LogP) is 2.69. The molecule has 2 nitrogen and oxygen atoms in total. The van der Waals surface area contributed by atoms with Crippen molar-refractivity contribution in [2.75, 3.05) is 26.2 Å². The standard InChI is InChI=1S/C16H25FN2/c1-13(2)18-11-15-8-10-19(12-15)9-7-14-3-5-16(17)6-4-14/h3-6,13,15,18H,7-12H2,1-2H3. The summed E-state index contributed by atoms with van der Waals surface area (Å²) >= 11 is 0. The second-order valence-electron chi connectivity index (χ2n) is 5.89. The van der Waals surface area contributed by atoms with Crippen LogP contribution in [0.5, 0.6) is 0 Å². The van der Waals surface area contributed by atoms with Gasteiger partial charge in [0.15, 0.2) is 0 Å². The molecule has 1 heterocycles. The first-order valence-electron chi connectivity index (χ1n) is 7.33. The molecule has 0 aliphatic carbocycles. The van der Waals surface area contributed by atoms with Gasteiger partial charge in [-0.05, 0) is 49.5 Å². The molecule has 0 aromatic heterocycles. The van der Waals surface area contributed by atoms with Crippen molar-refractivity contribution in [2.24, 2.45) is 5.92 Å². The van der Waals surface area contributed by atoms with Gasteiger partial charge in [-0.3, -0.25) is 0 Å². The number of likely N-dealkylation sites (tertiary alicyclic amines) is 1. The van der Waals surface area contributed by atoms with E-state index < -0.39 is 0 Å². The van der Waals surface area contributed by atoms with Crippen LogP contribution in [0.2, 0.25) is 0 Å². The molecule has 0 saturated carbocycles. The van der Waals surface area contributed by atoms with Gasteiger partial charge < -0.3 is 10.2 Å². The Morgan fingerprint density at radius 1 is 1.32 bits per heavy atom. The molecule has 3 heteroatoms. The van der Waals surface area contributed by atoms with Crippen LogP contribution < -0.4 is 5.32 Å². The van der Waals surface area contributed by atoms with Crippen molar-refractivity contribution in [1.82, 2.24) is 10.2 Å². The molecule has 19 heavy (non-hydrogen) atoms. The van der Waals surface area contributed by atoms with Gasteiger partial charge in [0.25, 0.3) is 0 Å². The summed E-state index contributed by atoms with van der Waals surface area (Å²) in [7, 11) is 0.